The maximum Gasteiger partial charge on any atom is 0.331 e. The second-order valence-corrected chi connectivity index (χ2v) is 12.4. The number of rotatable bonds is 10. The molecule has 42 heavy (non-hydrogen) atoms. The standard InChI is InChI=1S/C16H27NO4.C15H26N2O4/c1-2-21-15(19)13(16(20)10-6-3-7-11-16)17-14(18)12-8-4-5-9-12;1-2-21-14(19)12(15(20)7-9-16-10-8-15)17-13(18)11-5-3-4-6-11/h12-13,20H,2-11H2,1H3,(H,17,18);11-12,16,20H,2-10H2,1H3,(H,17,18). The maximum absolute atomic E-state index is 12.3. The highest BCUT2D eigenvalue weighted by Gasteiger charge is 2.46. The molecule has 4 rings (SSSR count). The molecule has 1 saturated heterocycles. The molecule has 4 aliphatic rings. The smallest absolute Gasteiger partial charge is 0.331 e. The average molecular weight is 596 g/mol. The fraction of sp³-hybridized carbons (Fsp3) is 0.871. The van der Waals surface area contributed by atoms with Gasteiger partial charge in [0.05, 0.1) is 24.4 Å². The van der Waals surface area contributed by atoms with Crippen molar-refractivity contribution in [1.82, 2.24) is 16.0 Å². The van der Waals surface area contributed by atoms with Gasteiger partial charge in [0.2, 0.25) is 11.8 Å². The Balaban J connectivity index is 0.000000230. The minimum Gasteiger partial charge on any atom is -0.464 e. The summed E-state index contributed by atoms with van der Waals surface area (Å²) in [6.07, 6.45) is 12.5. The van der Waals surface area contributed by atoms with Crippen molar-refractivity contribution in [3.05, 3.63) is 0 Å². The number of carbonyl (C=O) groups is 4. The van der Waals surface area contributed by atoms with Gasteiger partial charge in [-0.2, -0.15) is 0 Å². The first kappa shape index (κ1) is 34.3. The Bertz CT molecular complexity index is 817. The Labute approximate surface area is 250 Å². The molecule has 1 aliphatic heterocycles. The van der Waals surface area contributed by atoms with Crippen LogP contribution in [0.5, 0.6) is 0 Å². The van der Waals surface area contributed by atoms with E-state index >= 15 is 0 Å². The topological polar surface area (TPSA) is 163 Å². The molecule has 0 radical (unpaired) electrons. The van der Waals surface area contributed by atoms with Gasteiger partial charge in [-0.3, -0.25) is 9.59 Å². The number of nitrogens with one attached hydrogen (secondary N) is 3. The molecule has 11 heteroatoms. The van der Waals surface area contributed by atoms with Gasteiger partial charge in [0.15, 0.2) is 12.1 Å². The van der Waals surface area contributed by atoms with Gasteiger partial charge < -0.3 is 35.6 Å². The molecule has 11 nitrogen and oxygen atoms in total. The summed E-state index contributed by atoms with van der Waals surface area (Å²) in [6, 6.07) is -1.89. The first-order valence-electron chi connectivity index (χ1n) is 16.2. The molecular weight excluding hydrogens is 542 g/mol. The van der Waals surface area contributed by atoms with E-state index in [9.17, 15) is 29.4 Å². The summed E-state index contributed by atoms with van der Waals surface area (Å²) < 4.78 is 10.1. The molecule has 2 amide bonds. The van der Waals surface area contributed by atoms with Crippen molar-refractivity contribution in [2.24, 2.45) is 11.8 Å². The highest BCUT2D eigenvalue weighted by molar-refractivity contribution is 5.87. The zero-order valence-electron chi connectivity index (χ0n) is 25.6. The Morgan fingerprint density at radius 2 is 1.05 bits per heavy atom. The van der Waals surface area contributed by atoms with E-state index in [4.69, 9.17) is 9.47 Å². The summed E-state index contributed by atoms with van der Waals surface area (Å²) in [7, 11) is 0. The van der Waals surface area contributed by atoms with Crippen molar-refractivity contribution in [2.45, 2.75) is 133 Å². The van der Waals surface area contributed by atoms with Crippen LogP contribution in [0.4, 0.5) is 0 Å². The third kappa shape index (κ3) is 9.38. The van der Waals surface area contributed by atoms with Crippen LogP contribution in [0.15, 0.2) is 0 Å². The van der Waals surface area contributed by atoms with Crippen LogP contribution in [0.2, 0.25) is 0 Å². The van der Waals surface area contributed by atoms with Crippen molar-refractivity contribution in [1.29, 1.82) is 0 Å². The van der Waals surface area contributed by atoms with Crippen molar-refractivity contribution < 1.29 is 38.9 Å². The number of hydrogen-bond donors (Lipinski definition) is 5. The van der Waals surface area contributed by atoms with Crippen molar-refractivity contribution >= 4 is 23.8 Å². The molecule has 0 aromatic heterocycles. The SMILES string of the molecule is CCOC(=O)C(NC(=O)C1CCCC1)C1(O)CCCCC1.CCOC(=O)C(NC(=O)C1CCCC1)C1(O)CCNCC1. The van der Waals surface area contributed by atoms with Crippen LogP contribution >= 0.6 is 0 Å². The molecule has 240 valence electrons. The minimum atomic E-state index is -1.22. The predicted octanol–water partition coefficient (Wildman–Crippen LogP) is 2.26. The summed E-state index contributed by atoms with van der Waals surface area (Å²) in [6.45, 7) is 5.21. The zero-order valence-corrected chi connectivity index (χ0v) is 25.6. The summed E-state index contributed by atoms with van der Waals surface area (Å²) in [5.74, 6) is -1.33. The Hall–Kier alpha value is -2.24. The van der Waals surface area contributed by atoms with E-state index in [1.807, 2.05) is 0 Å². The van der Waals surface area contributed by atoms with Crippen LogP contribution in [0, 0.1) is 11.8 Å². The molecule has 0 spiro atoms. The molecule has 0 bridgehead atoms. The van der Waals surface area contributed by atoms with Gasteiger partial charge in [0.25, 0.3) is 0 Å². The number of carbonyl (C=O) groups excluding carboxylic acids is 4. The van der Waals surface area contributed by atoms with E-state index in [0.717, 1.165) is 70.6 Å². The van der Waals surface area contributed by atoms with Crippen LogP contribution in [0.1, 0.15) is 110 Å². The zero-order chi connectivity index (χ0) is 30.6. The summed E-state index contributed by atoms with van der Waals surface area (Å²) in [5.41, 5.74) is -2.37. The molecule has 0 aromatic rings. The maximum atomic E-state index is 12.3. The Kier molecular flexibility index (Phi) is 13.5. The fourth-order valence-corrected chi connectivity index (χ4v) is 6.77. The second kappa shape index (κ2) is 16.6. The second-order valence-electron chi connectivity index (χ2n) is 12.4. The quantitative estimate of drug-likeness (QED) is 0.238. The highest BCUT2D eigenvalue weighted by Crippen LogP contribution is 2.33. The van der Waals surface area contributed by atoms with Gasteiger partial charge in [-0.25, -0.2) is 9.59 Å². The largest absolute Gasteiger partial charge is 0.464 e. The highest BCUT2D eigenvalue weighted by atomic mass is 16.5. The summed E-state index contributed by atoms with van der Waals surface area (Å²) in [4.78, 5) is 49.0. The number of piperidine rings is 1. The third-order valence-electron chi connectivity index (χ3n) is 9.33. The lowest BCUT2D eigenvalue weighted by molar-refractivity contribution is -0.158. The summed E-state index contributed by atoms with van der Waals surface area (Å²) >= 11 is 0. The lowest BCUT2D eigenvalue weighted by Gasteiger charge is -2.38. The molecular formula is C31H53N3O8. The first-order chi connectivity index (χ1) is 20.1. The monoisotopic (exact) mass is 595 g/mol. The molecule has 2 unspecified atom stereocenters. The van der Waals surface area contributed by atoms with E-state index < -0.39 is 35.2 Å². The van der Waals surface area contributed by atoms with Gasteiger partial charge in [-0.1, -0.05) is 44.9 Å². The molecule has 5 N–H and O–H groups in total. The van der Waals surface area contributed by atoms with Gasteiger partial charge in [0, 0.05) is 11.8 Å². The van der Waals surface area contributed by atoms with Crippen LogP contribution in [-0.2, 0) is 28.7 Å². The molecule has 3 aliphatic carbocycles. The van der Waals surface area contributed by atoms with Crippen molar-refractivity contribution in [3.8, 4) is 0 Å². The molecule has 1 heterocycles. The first-order valence-corrected chi connectivity index (χ1v) is 16.2. The number of aliphatic hydroxyl groups is 2. The molecule has 2 atom stereocenters. The minimum absolute atomic E-state index is 0.0193. The summed E-state index contributed by atoms with van der Waals surface area (Å²) in [5, 5.41) is 30.3. The number of ether oxygens (including phenoxy) is 2. The van der Waals surface area contributed by atoms with E-state index in [1.54, 1.807) is 13.8 Å². The van der Waals surface area contributed by atoms with Crippen LogP contribution in [-0.4, -0.2) is 83.6 Å². The van der Waals surface area contributed by atoms with Crippen molar-refractivity contribution in [2.75, 3.05) is 26.3 Å². The normalized spacial score (nSPS) is 23.5. The Morgan fingerprint density at radius 1 is 0.667 bits per heavy atom. The van der Waals surface area contributed by atoms with E-state index in [0.29, 0.717) is 38.8 Å². The average Bonchev–Trinajstić information content (AvgIpc) is 3.71. The Morgan fingerprint density at radius 3 is 1.43 bits per heavy atom. The van der Waals surface area contributed by atoms with Gasteiger partial charge in [-0.05, 0) is 78.3 Å². The molecule has 3 saturated carbocycles. The van der Waals surface area contributed by atoms with Crippen LogP contribution in [0.25, 0.3) is 0 Å². The van der Waals surface area contributed by atoms with Gasteiger partial charge >= 0.3 is 11.9 Å². The van der Waals surface area contributed by atoms with Crippen LogP contribution in [0.3, 0.4) is 0 Å². The van der Waals surface area contributed by atoms with E-state index in [-0.39, 0.29) is 36.9 Å². The lowest BCUT2D eigenvalue weighted by Crippen LogP contribution is -2.61. The number of esters is 2. The molecule has 4 fully saturated rings. The van der Waals surface area contributed by atoms with Crippen LogP contribution < -0.4 is 16.0 Å². The van der Waals surface area contributed by atoms with Gasteiger partial charge in [0.1, 0.15) is 0 Å². The molecule has 0 aromatic carbocycles. The van der Waals surface area contributed by atoms with E-state index in [2.05, 4.69) is 16.0 Å². The van der Waals surface area contributed by atoms with Gasteiger partial charge in [-0.15, -0.1) is 0 Å². The predicted molar refractivity (Wildman–Crippen MR) is 156 cm³/mol. The third-order valence-corrected chi connectivity index (χ3v) is 9.33. The number of amides is 2. The van der Waals surface area contributed by atoms with E-state index in [1.165, 1.54) is 0 Å². The number of hydrogen-bond acceptors (Lipinski definition) is 9. The fourth-order valence-electron chi connectivity index (χ4n) is 6.77. The van der Waals surface area contributed by atoms with Crippen molar-refractivity contribution in [3.63, 3.8) is 0 Å². The lowest BCUT2D eigenvalue weighted by atomic mass is 9.79.